The third-order valence-electron chi connectivity index (χ3n) is 3.82. The Labute approximate surface area is 133 Å². The molecule has 1 atom stereocenters. The maximum atomic E-state index is 12.3. The van der Waals surface area contributed by atoms with Gasteiger partial charge in [-0.05, 0) is 55.1 Å². The Kier molecular flexibility index (Phi) is 5.45. The van der Waals surface area contributed by atoms with Crippen LogP contribution in [0.2, 0.25) is 0 Å². The number of likely N-dealkylation sites (tertiary alicyclic amines) is 1. The SMILES string of the molecule is CCn1cc(Br)cc1C(=O)NC(C)C(=O)N1CCCCC1. The molecule has 2 rings (SSSR count). The molecule has 1 fully saturated rings. The minimum Gasteiger partial charge on any atom is -0.343 e. The highest BCUT2D eigenvalue weighted by Crippen LogP contribution is 2.15. The van der Waals surface area contributed by atoms with E-state index < -0.39 is 6.04 Å². The van der Waals surface area contributed by atoms with Crippen LogP contribution in [0.1, 0.15) is 43.6 Å². The van der Waals surface area contributed by atoms with E-state index in [1.54, 1.807) is 13.0 Å². The average molecular weight is 356 g/mol. The molecule has 0 aromatic carbocycles. The van der Waals surface area contributed by atoms with E-state index in [0.29, 0.717) is 12.2 Å². The normalized spacial score (nSPS) is 16.6. The van der Waals surface area contributed by atoms with Gasteiger partial charge in [0.05, 0.1) is 0 Å². The minimum atomic E-state index is -0.491. The fourth-order valence-electron chi connectivity index (χ4n) is 2.65. The summed E-state index contributed by atoms with van der Waals surface area (Å²) in [5.41, 5.74) is 0.572. The summed E-state index contributed by atoms with van der Waals surface area (Å²) >= 11 is 3.37. The van der Waals surface area contributed by atoms with E-state index in [4.69, 9.17) is 0 Å². The van der Waals surface area contributed by atoms with Gasteiger partial charge in [-0.25, -0.2) is 0 Å². The highest BCUT2D eigenvalue weighted by Gasteiger charge is 2.24. The number of piperidine rings is 1. The highest BCUT2D eigenvalue weighted by atomic mass is 79.9. The molecule has 0 aliphatic carbocycles. The number of amides is 2. The number of hydrogen-bond donors (Lipinski definition) is 1. The van der Waals surface area contributed by atoms with Crippen LogP contribution in [0.15, 0.2) is 16.7 Å². The van der Waals surface area contributed by atoms with Crippen molar-refractivity contribution < 1.29 is 9.59 Å². The van der Waals surface area contributed by atoms with Gasteiger partial charge < -0.3 is 14.8 Å². The van der Waals surface area contributed by atoms with E-state index in [1.165, 1.54) is 6.42 Å². The maximum Gasteiger partial charge on any atom is 0.268 e. The van der Waals surface area contributed by atoms with E-state index in [2.05, 4.69) is 21.2 Å². The molecule has 1 unspecified atom stereocenters. The van der Waals surface area contributed by atoms with Crippen LogP contribution >= 0.6 is 15.9 Å². The summed E-state index contributed by atoms with van der Waals surface area (Å²) in [6.45, 7) is 6.04. The van der Waals surface area contributed by atoms with Gasteiger partial charge in [0, 0.05) is 30.3 Å². The van der Waals surface area contributed by atoms with Gasteiger partial charge in [-0.1, -0.05) is 0 Å². The van der Waals surface area contributed by atoms with Crippen molar-refractivity contribution in [2.24, 2.45) is 0 Å². The minimum absolute atomic E-state index is 0.0109. The predicted molar refractivity (Wildman–Crippen MR) is 85.2 cm³/mol. The van der Waals surface area contributed by atoms with Crippen molar-refractivity contribution in [2.45, 2.75) is 45.7 Å². The maximum absolute atomic E-state index is 12.3. The van der Waals surface area contributed by atoms with Gasteiger partial charge in [0.2, 0.25) is 5.91 Å². The topological polar surface area (TPSA) is 54.3 Å². The molecular formula is C15H22BrN3O2. The lowest BCUT2D eigenvalue weighted by atomic mass is 10.1. The lowest BCUT2D eigenvalue weighted by Gasteiger charge is -2.29. The summed E-state index contributed by atoms with van der Waals surface area (Å²) in [6, 6.07) is 1.28. The Morgan fingerprint density at radius 1 is 1.33 bits per heavy atom. The van der Waals surface area contributed by atoms with E-state index in [9.17, 15) is 9.59 Å². The third-order valence-corrected chi connectivity index (χ3v) is 4.26. The van der Waals surface area contributed by atoms with Crippen molar-refractivity contribution in [3.8, 4) is 0 Å². The van der Waals surface area contributed by atoms with Crippen LogP contribution in [0.4, 0.5) is 0 Å². The molecule has 2 heterocycles. The molecule has 6 heteroatoms. The van der Waals surface area contributed by atoms with Crippen molar-refractivity contribution in [1.29, 1.82) is 0 Å². The number of nitrogens with one attached hydrogen (secondary N) is 1. The van der Waals surface area contributed by atoms with Gasteiger partial charge >= 0.3 is 0 Å². The van der Waals surface area contributed by atoms with Crippen LogP contribution in [0.3, 0.4) is 0 Å². The second-order valence-corrected chi connectivity index (χ2v) is 6.33. The molecule has 0 spiro atoms. The Balaban J connectivity index is 1.99. The zero-order valence-electron chi connectivity index (χ0n) is 12.6. The molecule has 0 radical (unpaired) electrons. The first-order valence-corrected chi connectivity index (χ1v) is 8.27. The first kappa shape index (κ1) is 16.1. The lowest BCUT2D eigenvalue weighted by Crippen LogP contribution is -2.48. The predicted octanol–water partition coefficient (Wildman–Crippen LogP) is 2.40. The summed E-state index contributed by atoms with van der Waals surface area (Å²) in [7, 11) is 0. The highest BCUT2D eigenvalue weighted by molar-refractivity contribution is 9.10. The molecule has 0 bridgehead atoms. The zero-order valence-corrected chi connectivity index (χ0v) is 14.1. The Hall–Kier alpha value is -1.30. The standard InChI is InChI=1S/C15H22BrN3O2/c1-3-18-10-12(16)9-13(18)14(20)17-11(2)15(21)19-7-5-4-6-8-19/h9-11H,3-8H2,1-2H3,(H,17,20). The quantitative estimate of drug-likeness (QED) is 0.901. The second-order valence-electron chi connectivity index (χ2n) is 5.41. The van der Waals surface area contributed by atoms with Gasteiger partial charge in [-0.3, -0.25) is 9.59 Å². The van der Waals surface area contributed by atoms with E-state index in [-0.39, 0.29) is 11.8 Å². The Morgan fingerprint density at radius 2 is 2.00 bits per heavy atom. The van der Waals surface area contributed by atoms with Crippen LogP contribution in [0.25, 0.3) is 0 Å². The molecule has 1 N–H and O–H groups in total. The van der Waals surface area contributed by atoms with Crippen LogP contribution in [0.5, 0.6) is 0 Å². The molecular weight excluding hydrogens is 334 g/mol. The van der Waals surface area contributed by atoms with Crippen LogP contribution in [-0.2, 0) is 11.3 Å². The van der Waals surface area contributed by atoms with Crippen molar-refractivity contribution in [2.75, 3.05) is 13.1 Å². The average Bonchev–Trinajstić information content (AvgIpc) is 2.88. The van der Waals surface area contributed by atoms with Gasteiger partial charge in [-0.15, -0.1) is 0 Å². The molecule has 1 aliphatic heterocycles. The summed E-state index contributed by atoms with van der Waals surface area (Å²) in [4.78, 5) is 26.5. The molecule has 1 aromatic heterocycles. The van der Waals surface area contributed by atoms with Gasteiger partial charge in [0.25, 0.3) is 5.91 Å². The van der Waals surface area contributed by atoms with Crippen LogP contribution in [-0.4, -0.2) is 40.4 Å². The first-order valence-electron chi connectivity index (χ1n) is 7.48. The van der Waals surface area contributed by atoms with E-state index in [0.717, 1.165) is 30.4 Å². The first-order chi connectivity index (χ1) is 10.0. The van der Waals surface area contributed by atoms with Crippen molar-refractivity contribution >= 4 is 27.7 Å². The number of aromatic nitrogens is 1. The number of halogens is 1. The summed E-state index contributed by atoms with van der Waals surface area (Å²) in [5.74, 6) is -0.197. The molecule has 2 amide bonds. The molecule has 5 nitrogen and oxygen atoms in total. The van der Waals surface area contributed by atoms with Crippen molar-refractivity contribution in [3.05, 3.63) is 22.4 Å². The van der Waals surface area contributed by atoms with Crippen molar-refractivity contribution in [1.82, 2.24) is 14.8 Å². The largest absolute Gasteiger partial charge is 0.343 e. The molecule has 1 aromatic rings. The monoisotopic (exact) mass is 355 g/mol. The summed E-state index contributed by atoms with van der Waals surface area (Å²) < 4.78 is 2.72. The third kappa shape index (κ3) is 3.87. The van der Waals surface area contributed by atoms with E-state index in [1.807, 2.05) is 22.6 Å². The van der Waals surface area contributed by atoms with Gasteiger partial charge in [0.15, 0.2) is 0 Å². The number of rotatable bonds is 4. The number of nitrogens with zero attached hydrogens (tertiary/aromatic N) is 2. The number of carbonyl (C=O) groups excluding carboxylic acids is 2. The fraction of sp³-hybridized carbons (Fsp3) is 0.600. The van der Waals surface area contributed by atoms with Gasteiger partial charge in [0.1, 0.15) is 11.7 Å². The zero-order chi connectivity index (χ0) is 15.4. The molecule has 0 saturated carbocycles. The molecule has 1 aliphatic rings. The van der Waals surface area contributed by atoms with Crippen molar-refractivity contribution in [3.63, 3.8) is 0 Å². The summed E-state index contributed by atoms with van der Waals surface area (Å²) in [5, 5.41) is 2.81. The van der Waals surface area contributed by atoms with E-state index >= 15 is 0 Å². The fourth-order valence-corrected chi connectivity index (χ4v) is 3.11. The molecule has 21 heavy (non-hydrogen) atoms. The Morgan fingerprint density at radius 3 is 2.62 bits per heavy atom. The Bertz CT molecular complexity index is 521. The van der Waals surface area contributed by atoms with Crippen LogP contribution in [0, 0.1) is 0 Å². The molecule has 116 valence electrons. The second kappa shape index (κ2) is 7.11. The number of hydrogen-bond acceptors (Lipinski definition) is 2. The molecule has 1 saturated heterocycles. The lowest BCUT2D eigenvalue weighted by molar-refractivity contribution is -0.133. The number of carbonyl (C=O) groups is 2. The smallest absolute Gasteiger partial charge is 0.268 e. The number of aryl methyl sites for hydroxylation is 1. The summed E-state index contributed by atoms with van der Waals surface area (Å²) in [6.07, 6.45) is 5.16. The van der Waals surface area contributed by atoms with Crippen LogP contribution < -0.4 is 5.32 Å². The van der Waals surface area contributed by atoms with Gasteiger partial charge in [-0.2, -0.15) is 0 Å².